The minimum atomic E-state index is -0.487. The number of phenols is 1. The SMILES string of the molecule is COC(=O)c1c(C)[nH]c2c1[C@@]13C[C@@H]1CN(C(=O)/C=C/c1ccc(O)cc1)C3=CC2=O. The first-order valence-corrected chi connectivity index (χ1v) is 9.73. The van der Waals surface area contributed by atoms with Crippen molar-refractivity contribution in [3.8, 4) is 5.75 Å². The molecule has 152 valence electrons. The summed E-state index contributed by atoms with van der Waals surface area (Å²) in [5, 5.41) is 9.38. The summed E-state index contributed by atoms with van der Waals surface area (Å²) >= 11 is 0. The van der Waals surface area contributed by atoms with Crippen molar-refractivity contribution in [2.45, 2.75) is 18.8 Å². The number of amides is 1. The highest BCUT2D eigenvalue weighted by Gasteiger charge is 2.68. The van der Waals surface area contributed by atoms with Crippen LogP contribution in [-0.4, -0.2) is 46.3 Å². The van der Waals surface area contributed by atoms with E-state index in [1.165, 1.54) is 19.3 Å². The van der Waals surface area contributed by atoms with Crippen LogP contribution >= 0.6 is 0 Å². The highest BCUT2D eigenvalue weighted by molar-refractivity contribution is 6.11. The summed E-state index contributed by atoms with van der Waals surface area (Å²) in [5.74, 6) is -0.609. The Morgan fingerprint density at radius 2 is 2.03 bits per heavy atom. The number of aryl methyl sites for hydroxylation is 1. The third kappa shape index (κ3) is 2.41. The van der Waals surface area contributed by atoms with E-state index in [0.29, 0.717) is 34.8 Å². The quantitative estimate of drug-likeness (QED) is 0.605. The third-order valence-corrected chi connectivity index (χ3v) is 6.37. The van der Waals surface area contributed by atoms with Crippen molar-refractivity contribution in [2.75, 3.05) is 13.7 Å². The Kier molecular flexibility index (Phi) is 3.80. The molecule has 3 aliphatic rings. The lowest BCUT2D eigenvalue weighted by Gasteiger charge is -2.27. The Morgan fingerprint density at radius 3 is 2.73 bits per heavy atom. The van der Waals surface area contributed by atoms with Gasteiger partial charge in [-0.1, -0.05) is 12.1 Å². The van der Waals surface area contributed by atoms with Crippen LogP contribution in [0.4, 0.5) is 0 Å². The van der Waals surface area contributed by atoms with Crippen molar-refractivity contribution in [3.05, 3.63) is 70.2 Å². The number of esters is 1. The number of fused-ring (bicyclic) bond motifs is 1. The van der Waals surface area contributed by atoms with Gasteiger partial charge < -0.3 is 19.7 Å². The number of methoxy groups -OCH3 is 1. The molecule has 1 saturated heterocycles. The van der Waals surface area contributed by atoms with E-state index < -0.39 is 11.4 Å². The highest BCUT2D eigenvalue weighted by atomic mass is 16.5. The number of aromatic nitrogens is 1. The van der Waals surface area contributed by atoms with Crippen LogP contribution in [0, 0.1) is 12.8 Å². The summed E-state index contributed by atoms with van der Waals surface area (Å²) in [5.41, 5.74) is 3.07. The Hall–Kier alpha value is -3.61. The number of nitrogens with one attached hydrogen (secondary N) is 1. The van der Waals surface area contributed by atoms with E-state index in [1.54, 1.807) is 42.2 Å². The smallest absolute Gasteiger partial charge is 0.340 e. The second-order valence-electron chi connectivity index (χ2n) is 8.01. The molecule has 1 amide bonds. The van der Waals surface area contributed by atoms with Crippen molar-refractivity contribution in [3.63, 3.8) is 0 Å². The zero-order valence-electron chi connectivity index (χ0n) is 16.6. The van der Waals surface area contributed by atoms with Crippen molar-refractivity contribution < 1.29 is 24.2 Å². The number of H-pyrrole nitrogens is 1. The van der Waals surface area contributed by atoms with E-state index in [4.69, 9.17) is 4.74 Å². The first kappa shape index (κ1) is 18.4. The largest absolute Gasteiger partial charge is 0.508 e. The molecule has 2 atom stereocenters. The average molecular weight is 404 g/mol. The molecule has 30 heavy (non-hydrogen) atoms. The molecule has 2 N–H and O–H groups in total. The Morgan fingerprint density at radius 1 is 1.30 bits per heavy atom. The molecule has 7 nitrogen and oxygen atoms in total. The zero-order chi connectivity index (χ0) is 21.2. The summed E-state index contributed by atoms with van der Waals surface area (Å²) in [7, 11) is 1.32. The summed E-state index contributed by atoms with van der Waals surface area (Å²) in [6.45, 7) is 2.26. The fourth-order valence-electron chi connectivity index (χ4n) is 4.93. The van der Waals surface area contributed by atoms with Gasteiger partial charge in [-0.15, -0.1) is 0 Å². The fraction of sp³-hybridized carbons (Fsp3) is 0.261. The van der Waals surface area contributed by atoms with Gasteiger partial charge in [0.2, 0.25) is 5.78 Å². The molecule has 0 unspecified atom stereocenters. The summed E-state index contributed by atoms with van der Waals surface area (Å²) in [6, 6.07) is 6.53. The molecule has 5 rings (SSSR count). The molecule has 0 bridgehead atoms. The van der Waals surface area contributed by atoms with Crippen molar-refractivity contribution in [2.24, 2.45) is 5.92 Å². The number of nitrogens with zero attached hydrogens (tertiary/aromatic N) is 1. The molecule has 2 aliphatic carbocycles. The topological polar surface area (TPSA) is 99.7 Å². The van der Waals surface area contributed by atoms with Gasteiger partial charge in [0, 0.05) is 41.1 Å². The van der Waals surface area contributed by atoms with Crippen molar-refractivity contribution >= 4 is 23.7 Å². The van der Waals surface area contributed by atoms with E-state index >= 15 is 0 Å². The highest BCUT2D eigenvalue weighted by Crippen LogP contribution is 2.67. The maximum atomic E-state index is 12.9. The van der Waals surface area contributed by atoms with Crippen LogP contribution in [0.25, 0.3) is 6.08 Å². The molecule has 1 aromatic carbocycles. The van der Waals surface area contributed by atoms with Gasteiger partial charge in [0.1, 0.15) is 5.75 Å². The molecule has 7 heteroatoms. The number of hydrogen-bond donors (Lipinski definition) is 2. The van der Waals surface area contributed by atoms with E-state index in [9.17, 15) is 19.5 Å². The monoisotopic (exact) mass is 404 g/mol. The molecular weight excluding hydrogens is 384 g/mol. The Labute approximate surface area is 172 Å². The number of phenolic OH excluding ortho intramolecular Hbond substituents is 1. The lowest BCUT2D eigenvalue weighted by molar-refractivity contribution is -0.123. The lowest BCUT2D eigenvalue weighted by atomic mass is 9.82. The lowest BCUT2D eigenvalue weighted by Crippen LogP contribution is -2.33. The molecule has 1 aliphatic heterocycles. The first-order chi connectivity index (χ1) is 14.4. The fourth-order valence-corrected chi connectivity index (χ4v) is 4.93. The van der Waals surface area contributed by atoms with Crippen LogP contribution in [0.2, 0.25) is 0 Å². The molecule has 1 saturated carbocycles. The van der Waals surface area contributed by atoms with Gasteiger partial charge >= 0.3 is 5.97 Å². The number of likely N-dealkylation sites (tertiary alicyclic amines) is 1. The molecule has 2 fully saturated rings. The molecule has 2 aromatic rings. The van der Waals surface area contributed by atoms with Crippen LogP contribution in [0.3, 0.4) is 0 Å². The minimum absolute atomic E-state index is 0.157. The predicted molar refractivity (Wildman–Crippen MR) is 108 cm³/mol. The number of carbonyl (C=O) groups excluding carboxylic acids is 3. The number of piperidine rings is 1. The molecule has 1 spiro atoms. The number of carbonyl (C=O) groups is 3. The number of ketones is 1. The van der Waals surface area contributed by atoms with Crippen molar-refractivity contribution in [1.29, 1.82) is 0 Å². The van der Waals surface area contributed by atoms with E-state index in [1.807, 2.05) is 0 Å². The molecule has 2 heterocycles. The Balaban J connectivity index is 1.50. The molecular formula is C23H20N2O5. The standard InChI is InChI=1S/C23H20N2O5/c1-12-19(22(29)30-2)20-21(24-12)16(27)9-17-23(20)10-14(23)11-25(17)18(28)8-5-13-3-6-15(26)7-4-13/h3-9,14,24,26H,10-11H2,1-2H3/b8-5+/t14-,23+/m1/s1. The van der Waals surface area contributed by atoms with E-state index in [0.717, 1.165) is 12.0 Å². The van der Waals surface area contributed by atoms with Crippen LogP contribution in [0.15, 0.2) is 42.1 Å². The maximum absolute atomic E-state index is 12.9. The van der Waals surface area contributed by atoms with Gasteiger partial charge in [-0.3, -0.25) is 9.59 Å². The number of aromatic hydroxyl groups is 1. The number of aromatic amines is 1. The van der Waals surface area contributed by atoms with E-state index in [2.05, 4.69) is 4.98 Å². The van der Waals surface area contributed by atoms with Gasteiger partial charge in [0.05, 0.1) is 18.4 Å². The van der Waals surface area contributed by atoms with Gasteiger partial charge in [-0.2, -0.15) is 0 Å². The Bertz CT molecular complexity index is 1170. The second-order valence-corrected chi connectivity index (χ2v) is 8.01. The van der Waals surface area contributed by atoms with Crippen LogP contribution in [0.1, 0.15) is 44.1 Å². The number of allylic oxidation sites excluding steroid dienone is 2. The van der Waals surface area contributed by atoms with Gasteiger partial charge in [-0.05, 0) is 43.0 Å². The summed E-state index contributed by atoms with van der Waals surface area (Å²) < 4.78 is 4.96. The number of rotatable bonds is 3. The summed E-state index contributed by atoms with van der Waals surface area (Å²) in [6.07, 6.45) is 5.47. The normalized spacial score (nSPS) is 23.7. The summed E-state index contributed by atoms with van der Waals surface area (Å²) in [4.78, 5) is 42.9. The number of benzene rings is 1. The number of ether oxygens (including phenoxy) is 1. The van der Waals surface area contributed by atoms with Crippen LogP contribution < -0.4 is 0 Å². The van der Waals surface area contributed by atoms with Crippen LogP contribution in [0.5, 0.6) is 5.75 Å². The third-order valence-electron chi connectivity index (χ3n) is 6.37. The maximum Gasteiger partial charge on any atom is 0.340 e. The molecule has 0 radical (unpaired) electrons. The zero-order valence-corrected chi connectivity index (χ0v) is 16.6. The molecule has 1 aromatic heterocycles. The van der Waals surface area contributed by atoms with Gasteiger partial charge in [0.25, 0.3) is 5.91 Å². The minimum Gasteiger partial charge on any atom is -0.508 e. The predicted octanol–water partition coefficient (Wildman–Crippen LogP) is 2.71. The first-order valence-electron chi connectivity index (χ1n) is 9.73. The van der Waals surface area contributed by atoms with Crippen LogP contribution in [-0.2, 0) is 14.9 Å². The van der Waals surface area contributed by atoms with Gasteiger partial charge in [-0.25, -0.2) is 4.79 Å². The average Bonchev–Trinajstić information content (AvgIpc) is 3.18. The number of hydrogen-bond acceptors (Lipinski definition) is 5. The van der Waals surface area contributed by atoms with E-state index in [-0.39, 0.29) is 23.4 Å². The van der Waals surface area contributed by atoms with Gasteiger partial charge in [0.15, 0.2) is 0 Å². The second kappa shape index (κ2) is 6.19. The van der Waals surface area contributed by atoms with Crippen molar-refractivity contribution in [1.82, 2.24) is 9.88 Å².